The van der Waals surface area contributed by atoms with Crippen molar-refractivity contribution in [2.75, 3.05) is 6.54 Å². The minimum absolute atomic E-state index is 0.648. The summed E-state index contributed by atoms with van der Waals surface area (Å²) in [4.78, 5) is 4.31. The highest BCUT2D eigenvalue weighted by Crippen LogP contribution is 2.10. The van der Waals surface area contributed by atoms with Crippen LogP contribution in [0.5, 0.6) is 0 Å². The van der Waals surface area contributed by atoms with Gasteiger partial charge >= 0.3 is 0 Å². The largest absolute Gasteiger partial charge is 0.444 e. The van der Waals surface area contributed by atoms with E-state index in [1.807, 2.05) is 6.20 Å². The number of hydrogen-bond donors (Lipinski definition) is 1. The lowest BCUT2D eigenvalue weighted by atomic mass is 10.1. The van der Waals surface area contributed by atoms with Crippen LogP contribution in [0.4, 0.5) is 0 Å². The quantitative estimate of drug-likeness (QED) is 0.798. The minimum Gasteiger partial charge on any atom is -0.444 e. The van der Waals surface area contributed by atoms with E-state index in [1.165, 1.54) is 5.56 Å². The number of aromatic nitrogens is 1. The van der Waals surface area contributed by atoms with Crippen molar-refractivity contribution in [3.8, 4) is 0 Å². The second kappa shape index (κ2) is 7.85. The van der Waals surface area contributed by atoms with Crippen molar-refractivity contribution < 1.29 is 4.42 Å². The van der Waals surface area contributed by atoms with Gasteiger partial charge in [0, 0.05) is 6.42 Å². The van der Waals surface area contributed by atoms with Gasteiger partial charge in [0.25, 0.3) is 0 Å². The SMILES string of the molecule is CC(C)CNCc1ncc(CCCc2ccccc2)o1. The summed E-state index contributed by atoms with van der Waals surface area (Å²) in [5.74, 6) is 2.43. The molecule has 1 aromatic carbocycles. The predicted octanol–water partition coefficient (Wildman–Crippen LogP) is 3.60. The zero-order valence-corrected chi connectivity index (χ0v) is 12.4. The van der Waals surface area contributed by atoms with Crippen LogP contribution >= 0.6 is 0 Å². The molecule has 1 N–H and O–H groups in total. The van der Waals surface area contributed by atoms with Gasteiger partial charge in [-0.05, 0) is 30.9 Å². The van der Waals surface area contributed by atoms with Crippen molar-refractivity contribution in [1.82, 2.24) is 10.3 Å². The summed E-state index contributed by atoms with van der Waals surface area (Å²) in [6, 6.07) is 10.6. The highest BCUT2D eigenvalue weighted by atomic mass is 16.4. The molecule has 108 valence electrons. The van der Waals surface area contributed by atoms with Crippen LogP contribution in [-0.4, -0.2) is 11.5 Å². The Kier molecular flexibility index (Phi) is 5.81. The first-order chi connectivity index (χ1) is 9.74. The third-order valence-electron chi connectivity index (χ3n) is 3.16. The standard InChI is InChI=1S/C17H24N2O/c1-14(2)11-18-13-17-19-12-16(20-17)10-6-9-15-7-4-3-5-8-15/h3-5,7-8,12,14,18H,6,9-11,13H2,1-2H3. The Morgan fingerprint density at radius 2 is 1.95 bits per heavy atom. The van der Waals surface area contributed by atoms with Crippen molar-refractivity contribution in [1.29, 1.82) is 0 Å². The lowest BCUT2D eigenvalue weighted by molar-refractivity contribution is 0.423. The second-order valence-electron chi connectivity index (χ2n) is 5.58. The molecule has 0 amide bonds. The van der Waals surface area contributed by atoms with Crippen molar-refractivity contribution >= 4 is 0 Å². The number of benzene rings is 1. The van der Waals surface area contributed by atoms with E-state index in [0.29, 0.717) is 5.92 Å². The molecule has 0 spiro atoms. The van der Waals surface area contributed by atoms with E-state index in [9.17, 15) is 0 Å². The summed E-state index contributed by atoms with van der Waals surface area (Å²) in [6.45, 7) is 6.09. The monoisotopic (exact) mass is 272 g/mol. The van der Waals surface area contributed by atoms with E-state index < -0.39 is 0 Å². The van der Waals surface area contributed by atoms with Gasteiger partial charge in [-0.25, -0.2) is 4.98 Å². The Morgan fingerprint density at radius 3 is 2.70 bits per heavy atom. The first-order valence-corrected chi connectivity index (χ1v) is 7.42. The molecule has 0 aliphatic carbocycles. The van der Waals surface area contributed by atoms with Crippen molar-refractivity contribution in [2.24, 2.45) is 5.92 Å². The third kappa shape index (κ3) is 5.17. The number of rotatable bonds is 8. The van der Waals surface area contributed by atoms with Gasteiger partial charge in [-0.3, -0.25) is 0 Å². The van der Waals surface area contributed by atoms with Crippen LogP contribution in [0.2, 0.25) is 0 Å². The highest BCUT2D eigenvalue weighted by molar-refractivity contribution is 5.14. The van der Waals surface area contributed by atoms with Crippen LogP contribution in [0.1, 0.15) is 37.5 Å². The summed E-state index contributed by atoms with van der Waals surface area (Å²) in [6.07, 6.45) is 4.99. The lowest BCUT2D eigenvalue weighted by Gasteiger charge is -2.04. The fourth-order valence-electron chi connectivity index (χ4n) is 2.12. The third-order valence-corrected chi connectivity index (χ3v) is 3.16. The van der Waals surface area contributed by atoms with Crippen molar-refractivity contribution in [2.45, 2.75) is 39.7 Å². The predicted molar refractivity (Wildman–Crippen MR) is 81.5 cm³/mol. The normalized spacial score (nSPS) is 11.2. The molecule has 0 aliphatic rings. The maximum Gasteiger partial charge on any atom is 0.208 e. The molecule has 0 fully saturated rings. The first-order valence-electron chi connectivity index (χ1n) is 7.42. The van der Waals surface area contributed by atoms with E-state index in [2.05, 4.69) is 54.5 Å². The molecule has 3 nitrogen and oxygen atoms in total. The van der Waals surface area contributed by atoms with Gasteiger partial charge in [0.15, 0.2) is 0 Å². The topological polar surface area (TPSA) is 38.1 Å². The molecule has 3 heteroatoms. The molecule has 0 radical (unpaired) electrons. The fourth-order valence-corrected chi connectivity index (χ4v) is 2.12. The van der Waals surface area contributed by atoms with Crippen molar-refractivity contribution in [3.63, 3.8) is 0 Å². The zero-order chi connectivity index (χ0) is 14.2. The average Bonchev–Trinajstić information content (AvgIpc) is 2.87. The maximum absolute atomic E-state index is 5.73. The molecule has 1 heterocycles. The molecule has 20 heavy (non-hydrogen) atoms. The van der Waals surface area contributed by atoms with Crippen LogP contribution in [0.3, 0.4) is 0 Å². The zero-order valence-electron chi connectivity index (χ0n) is 12.4. The number of nitrogens with zero attached hydrogens (tertiary/aromatic N) is 1. The van der Waals surface area contributed by atoms with E-state index in [0.717, 1.165) is 44.0 Å². The van der Waals surface area contributed by atoms with Crippen LogP contribution in [-0.2, 0) is 19.4 Å². The highest BCUT2D eigenvalue weighted by Gasteiger charge is 2.04. The molecular weight excluding hydrogens is 248 g/mol. The molecule has 0 aliphatic heterocycles. The van der Waals surface area contributed by atoms with Crippen LogP contribution in [0.25, 0.3) is 0 Å². The Morgan fingerprint density at radius 1 is 1.15 bits per heavy atom. The Balaban J connectivity index is 1.70. The molecule has 1 aromatic heterocycles. The van der Waals surface area contributed by atoms with Crippen LogP contribution in [0.15, 0.2) is 40.9 Å². The molecule has 2 aromatic rings. The van der Waals surface area contributed by atoms with E-state index in [4.69, 9.17) is 4.42 Å². The lowest BCUT2D eigenvalue weighted by Crippen LogP contribution is -2.19. The number of oxazole rings is 1. The number of nitrogens with one attached hydrogen (secondary N) is 1. The minimum atomic E-state index is 0.648. The maximum atomic E-state index is 5.73. The smallest absolute Gasteiger partial charge is 0.208 e. The van der Waals surface area contributed by atoms with Crippen LogP contribution in [0, 0.1) is 5.92 Å². The summed E-state index contributed by atoms with van der Waals surface area (Å²) in [5.41, 5.74) is 1.38. The molecular formula is C17H24N2O. The first kappa shape index (κ1) is 14.8. The average molecular weight is 272 g/mol. The van der Waals surface area contributed by atoms with Gasteiger partial charge in [-0.15, -0.1) is 0 Å². The van der Waals surface area contributed by atoms with E-state index in [-0.39, 0.29) is 0 Å². The van der Waals surface area contributed by atoms with E-state index >= 15 is 0 Å². The van der Waals surface area contributed by atoms with Crippen LogP contribution < -0.4 is 5.32 Å². The summed E-state index contributed by atoms with van der Waals surface area (Å²) < 4.78 is 5.73. The van der Waals surface area contributed by atoms with Crippen molar-refractivity contribution in [3.05, 3.63) is 53.7 Å². The van der Waals surface area contributed by atoms with Gasteiger partial charge in [-0.1, -0.05) is 44.2 Å². The van der Waals surface area contributed by atoms with Gasteiger partial charge in [-0.2, -0.15) is 0 Å². The molecule has 2 rings (SSSR count). The number of aryl methyl sites for hydroxylation is 2. The van der Waals surface area contributed by atoms with Gasteiger partial charge in [0.2, 0.25) is 5.89 Å². The molecule has 0 bridgehead atoms. The van der Waals surface area contributed by atoms with Gasteiger partial charge < -0.3 is 9.73 Å². The second-order valence-corrected chi connectivity index (χ2v) is 5.58. The molecule has 0 unspecified atom stereocenters. The van der Waals surface area contributed by atoms with E-state index in [1.54, 1.807) is 0 Å². The summed E-state index contributed by atoms with van der Waals surface area (Å²) in [5, 5.41) is 3.34. The summed E-state index contributed by atoms with van der Waals surface area (Å²) in [7, 11) is 0. The molecule has 0 saturated heterocycles. The fraction of sp³-hybridized carbons (Fsp3) is 0.471. The van der Waals surface area contributed by atoms with Gasteiger partial charge in [0.05, 0.1) is 12.7 Å². The Labute approximate surface area is 121 Å². The Bertz CT molecular complexity index is 491. The summed E-state index contributed by atoms with van der Waals surface area (Å²) >= 11 is 0. The Hall–Kier alpha value is -1.61. The molecule has 0 saturated carbocycles. The number of hydrogen-bond acceptors (Lipinski definition) is 3. The molecule has 0 atom stereocenters. The van der Waals surface area contributed by atoms with Gasteiger partial charge in [0.1, 0.15) is 5.76 Å².